The van der Waals surface area contributed by atoms with Gasteiger partial charge in [0.05, 0.1) is 22.4 Å². The van der Waals surface area contributed by atoms with Gasteiger partial charge in [-0.1, -0.05) is 66.2 Å². The van der Waals surface area contributed by atoms with Gasteiger partial charge in [0, 0.05) is 16.1 Å². The van der Waals surface area contributed by atoms with Crippen molar-refractivity contribution in [3.63, 3.8) is 0 Å². The number of rotatable bonds is 6. The molecule has 0 N–H and O–H groups in total. The highest BCUT2D eigenvalue weighted by molar-refractivity contribution is 6.34. The van der Waals surface area contributed by atoms with Crippen LogP contribution in [-0.4, -0.2) is 23.6 Å². The molecule has 4 aromatic rings. The quantitative estimate of drug-likeness (QED) is 0.188. The number of fused-ring (bicyclic) bond motifs is 1. The maximum atomic E-state index is 13.2. The summed E-state index contributed by atoms with van der Waals surface area (Å²) in [5, 5.41) is 0.486. The van der Waals surface area contributed by atoms with Gasteiger partial charge in [0.25, 0.3) is 11.8 Å². The summed E-state index contributed by atoms with van der Waals surface area (Å²) in [5.74, 6) is -1.97. The predicted octanol–water partition coefficient (Wildman–Crippen LogP) is 5.92. The van der Waals surface area contributed by atoms with E-state index in [0.29, 0.717) is 33.0 Å². The van der Waals surface area contributed by atoms with E-state index in [1.54, 1.807) is 78.9 Å². The van der Waals surface area contributed by atoms with Crippen LogP contribution < -0.4 is 4.90 Å². The Bertz CT molecular complexity index is 1450. The monoisotopic (exact) mass is 495 g/mol. The van der Waals surface area contributed by atoms with Crippen molar-refractivity contribution in [2.24, 2.45) is 0 Å². The molecule has 0 aliphatic carbocycles. The second kappa shape index (κ2) is 9.60. The molecule has 1 aliphatic heterocycles. The second-order valence-corrected chi connectivity index (χ2v) is 8.54. The summed E-state index contributed by atoms with van der Waals surface area (Å²) in [7, 11) is 0. The second-order valence-electron chi connectivity index (χ2n) is 8.11. The molecule has 0 fully saturated rings. The minimum absolute atomic E-state index is 0.162. The van der Waals surface area contributed by atoms with E-state index in [0.717, 1.165) is 4.90 Å². The van der Waals surface area contributed by atoms with E-state index in [2.05, 4.69) is 0 Å². The van der Waals surface area contributed by atoms with E-state index in [9.17, 15) is 19.2 Å². The molecule has 0 saturated heterocycles. The van der Waals surface area contributed by atoms with Crippen LogP contribution in [0.3, 0.4) is 0 Å². The number of carbonyl (C=O) groups is 4. The molecular formula is C29H18ClNO5. The minimum atomic E-state index is -1.19. The predicted molar refractivity (Wildman–Crippen MR) is 134 cm³/mol. The summed E-state index contributed by atoms with van der Waals surface area (Å²) < 4.78 is 5.66. The first-order valence-electron chi connectivity index (χ1n) is 11.1. The van der Waals surface area contributed by atoms with Crippen LogP contribution >= 0.6 is 11.6 Å². The van der Waals surface area contributed by atoms with Gasteiger partial charge in [0.2, 0.25) is 5.78 Å². The SMILES string of the molecule is O=C(O[C@H](C(=O)c1ccccc1)c1ccc(Cl)cc1)c1ccc(N2C(=O)c3ccccc3C2=O)cc1. The molecule has 1 aliphatic rings. The molecule has 176 valence electrons. The van der Waals surface area contributed by atoms with E-state index in [4.69, 9.17) is 16.3 Å². The summed E-state index contributed by atoms with van der Waals surface area (Å²) in [6.45, 7) is 0. The van der Waals surface area contributed by atoms with Crippen molar-refractivity contribution in [1.29, 1.82) is 0 Å². The number of benzene rings is 4. The van der Waals surface area contributed by atoms with Gasteiger partial charge in [0.1, 0.15) is 0 Å². The van der Waals surface area contributed by atoms with Crippen molar-refractivity contribution in [3.8, 4) is 0 Å². The Morgan fingerprint density at radius 2 is 1.22 bits per heavy atom. The Morgan fingerprint density at radius 3 is 1.81 bits per heavy atom. The normalized spacial score (nSPS) is 13.3. The summed E-state index contributed by atoms with van der Waals surface area (Å²) >= 11 is 5.99. The zero-order chi connectivity index (χ0) is 25.2. The molecule has 4 aromatic carbocycles. The third-order valence-corrected chi connectivity index (χ3v) is 6.10. The third kappa shape index (κ3) is 4.30. The van der Waals surface area contributed by atoms with Crippen LogP contribution in [0.1, 0.15) is 53.1 Å². The van der Waals surface area contributed by atoms with Crippen LogP contribution in [0.4, 0.5) is 5.69 Å². The largest absolute Gasteiger partial charge is 0.445 e. The maximum Gasteiger partial charge on any atom is 0.339 e. The van der Waals surface area contributed by atoms with Gasteiger partial charge < -0.3 is 4.74 Å². The smallest absolute Gasteiger partial charge is 0.339 e. The summed E-state index contributed by atoms with van der Waals surface area (Å²) in [6, 6.07) is 27.5. The molecular weight excluding hydrogens is 478 g/mol. The summed E-state index contributed by atoms with van der Waals surface area (Å²) in [6.07, 6.45) is -1.19. The first-order valence-corrected chi connectivity index (χ1v) is 11.5. The number of amides is 2. The minimum Gasteiger partial charge on any atom is -0.445 e. The molecule has 5 rings (SSSR count). The van der Waals surface area contributed by atoms with E-state index in [-0.39, 0.29) is 11.3 Å². The number of nitrogens with zero attached hydrogens (tertiary/aromatic N) is 1. The highest BCUT2D eigenvalue weighted by Crippen LogP contribution is 2.29. The van der Waals surface area contributed by atoms with Crippen LogP contribution in [0.25, 0.3) is 0 Å². The first kappa shape index (κ1) is 23.2. The Hall–Kier alpha value is -4.55. The van der Waals surface area contributed by atoms with E-state index in [1.807, 2.05) is 0 Å². The standard InChI is InChI=1S/C29H18ClNO5/c30-21-14-10-19(11-15-21)26(25(32)18-6-2-1-3-7-18)36-29(35)20-12-16-22(17-13-20)31-27(33)23-8-4-5-9-24(23)28(31)34/h1-17,26H/t26-/m0/s1. The van der Waals surface area contributed by atoms with Crippen molar-refractivity contribution < 1.29 is 23.9 Å². The maximum absolute atomic E-state index is 13.2. The summed E-state index contributed by atoms with van der Waals surface area (Å²) in [4.78, 5) is 52.8. The third-order valence-electron chi connectivity index (χ3n) is 5.85. The lowest BCUT2D eigenvalue weighted by molar-refractivity contribution is 0.0280. The van der Waals surface area contributed by atoms with Crippen molar-refractivity contribution in [2.75, 3.05) is 4.90 Å². The molecule has 0 bridgehead atoms. The van der Waals surface area contributed by atoms with Gasteiger partial charge in [-0.2, -0.15) is 0 Å². The number of hydrogen-bond acceptors (Lipinski definition) is 5. The highest BCUT2D eigenvalue weighted by Gasteiger charge is 2.36. The molecule has 1 heterocycles. The number of carbonyl (C=O) groups excluding carboxylic acids is 4. The Labute approximate surface area is 211 Å². The van der Waals surface area contributed by atoms with E-state index >= 15 is 0 Å². The number of halogens is 1. The highest BCUT2D eigenvalue weighted by atomic mass is 35.5. The fourth-order valence-corrected chi connectivity index (χ4v) is 4.14. The molecule has 0 spiro atoms. The van der Waals surface area contributed by atoms with Crippen molar-refractivity contribution >= 4 is 40.9 Å². The molecule has 0 radical (unpaired) electrons. The lowest BCUT2D eigenvalue weighted by Gasteiger charge is -2.18. The summed E-state index contributed by atoms with van der Waals surface area (Å²) in [5.41, 5.74) is 2.02. The van der Waals surface area contributed by atoms with Crippen LogP contribution in [-0.2, 0) is 4.74 Å². The fraction of sp³-hybridized carbons (Fsp3) is 0.0345. The van der Waals surface area contributed by atoms with Crippen LogP contribution in [0.5, 0.6) is 0 Å². The van der Waals surface area contributed by atoms with E-state index < -0.39 is 23.9 Å². The lowest BCUT2D eigenvalue weighted by Crippen LogP contribution is -2.29. The van der Waals surface area contributed by atoms with E-state index in [1.165, 1.54) is 24.3 Å². The van der Waals surface area contributed by atoms with Gasteiger partial charge in [-0.25, -0.2) is 9.69 Å². The lowest BCUT2D eigenvalue weighted by atomic mass is 9.99. The van der Waals surface area contributed by atoms with Gasteiger partial charge >= 0.3 is 5.97 Å². The average Bonchev–Trinajstić information content (AvgIpc) is 3.17. The molecule has 2 amide bonds. The molecule has 36 heavy (non-hydrogen) atoms. The first-order chi connectivity index (χ1) is 17.4. The van der Waals surface area contributed by atoms with Crippen LogP contribution in [0, 0.1) is 0 Å². The Morgan fingerprint density at radius 1 is 0.667 bits per heavy atom. The molecule has 0 unspecified atom stereocenters. The van der Waals surface area contributed by atoms with Gasteiger partial charge in [-0.3, -0.25) is 14.4 Å². The number of hydrogen-bond donors (Lipinski definition) is 0. The Balaban J connectivity index is 1.39. The van der Waals surface area contributed by atoms with Crippen LogP contribution in [0.2, 0.25) is 5.02 Å². The zero-order valence-electron chi connectivity index (χ0n) is 18.8. The molecule has 0 saturated carbocycles. The number of anilines is 1. The fourth-order valence-electron chi connectivity index (χ4n) is 4.01. The number of ketones is 1. The van der Waals surface area contributed by atoms with Crippen molar-refractivity contribution in [3.05, 3.63) is 136 Å². The van der Waals surface area contributed by atoms with Gasteiger partial charge in [-0.15, -0.1) is 0 Å². The zero-order valence-corrected chi connectivity index (χ0v) is 19.5. The molecule has 1 atom stereocenters. The van der Waals surface area contributed by atoms with Gasteiger partial charge in [-0.05, 0) is 48.5 Å². The Kier molecular flexibility index (Phi) is 6.19. The van der Waals surface area contributed by atoms with Crippen LogP contribution in [0.15, 0.2) is 103 Å². The topological polar surface area (TPSA) is 80.8 Å². The number of Topliss-reactive ketones (excluding diaryl/α,β-unsaturated/α-hetero) is 1. The molecule has 6 nitrogen and oxygen atoms in total. The molecule has 7 heteroatoms. The number of imide groups is 1. The number of ether oxygens (including phenoxy) is 1. The molecule has 0 aromatic heterocycles. The number of esters is 1. The van der Waals surface area contributed by atoms with Crippen molar-refractivity contribution in [2.45, 2.75) is 6.10 Å². The van der Waals surface area contributed by atoms with Gasteiger partial charge in [0.15, 0.2) is 6.10 Å². The average molecular weight is 496 g/mol. The van der Waals surface area contributed by atoms with Crippen molar-refractivity contribution in [1.82, 2.24) is 0 Å².